The van der Waals surface area contributed by atoms with Crippen LogP contribution in [-0.2, 0) is 0 Å². The minimum Gasteiger partial charge on any atom is -0.493 e. The van der Waals surface area contributed by atoms with Crippen molar-refractivity contribution < 1.29 is 14.3 Å². The Kier molecular flexibility index (Phi) is 4.05. The van der Waals surface area contributed by atoms with Crippen molar-refractivity contribution in [3.05, 3.63) is 23.8 Å². The summed E-state index contributed by atoms with van der Waals surface area (Å²) in [5.41, 5.74) is 0.647. The molecule has 0 atom stereocenters. The lowest BCUT2D eigenvalue weighted by atomic mass is 10.1. The highest BCUT2D eigenvalue weighted by atomic mass is 79.9. The largest absolute Gasteiger partial charge is 0.493 e. The molecule has 1 aliphatic carbocycles. The maximum absolute atomic E-state index is 11.6. The summed E-state index contributed by atoms with van der Waals surface area (Å²) in [6.45, 7) is 0.711. The van der Waals surface area contributed by atoms with Crippen molar-refractivity contribution in [3.8, 4) is 11.5 Å². The van der Waals surface area contributed by atoms with Crippen molar-refractivity contribution in [2.75, 3.05) is 19.0 Å². The lowest BCUT2D eigenvalue weighted by Gasteiger charge is -2.11. The van der Waals surface area contributed by atoms with Crippen LogP contribution in [0.4, 0.5) is 0 Å². The molecule has 1 aromatic carbocycles. The highest BCUT2D eigenvalue weighted by molar-refractivity contribution is 9.09. The Morgan fingerprint density at radius 2 is 2.18 bits per heavy atom. The first kappa shape index (κ1) is 12.4. The third kappa shape index (κ3) is 3.22. The average molecular weight is 299 g/mol. The second-order valence-electron chi connectivity index (χ2n) is 4.18. The monoisotopic (exact) mass is 298 g/mol. The van der Waals surface area contributed by atoms with E-state index in [1.165, 1.54) is 12.8 Å². The number of carbonyl (C=O) groups excluding carboxylic acids is 1. The third-order valence-corrected chi connectivity index (χ3v) is 3.29. The van der Waals surface area contributed by atoms with Crippen LogP contribution in [0.15, 0.2) is 18.2 Å². The Balaban J connectivity index is 2.15. The Hall–Kier alpha value is -1.03. The standard InChI is InChI=1S/C13H15BrO3/c1-16-12-5-4-10(11(15)7-14)6-13(12)17-8-9-2-3-9/h4-6,9H,2-3,7-8H2,1H3. The number of halogens is 1. The number of rotatable bonds is 6. The minimum atomic E-state index is 0.0453. The number of benzene rings is 1. The number of hydrogen-bond donors (Lipinski definition) is 0. The summed E-state index contributed by atoms with van der Waals surface area (Å²) in [5.74, 6) is 2.06. The summed E-state index contributed by atoms with van der Waals surface area (Å²) in [7, 11) is 1.60. The predicted molar refractivity (Wildman–Crippen MR) is 69.3 cm³/mol. The van der Waals surface area contributed by atoms with E-state index in [4.69, 9.17) is 9.47 Å². The molecule has 17 heavy (non-hydrogen) atoms. The Morgan fingerprint density at radius 3 is 2.76 bits per heavy atom. The van der Waals surface area contributed by atoms with Crippen LogP contribution in [0.1, 0.15) is 23.2 Å². The molecule has 4 heteroatoms. The number of Topliss-reactive ketones (excluding diaryl/α,β-unsaturated/α-hetero) is 1. The van der Waals surface area contributed by atoms with Gasteiger partial charge in [0.2, 0.25) is 0 Å². The summed E-state index contributed by atoms with van der Waals surface area (Å²) >= 11 is 3.16. The van der Waals surface area contributed by atoms with Crippen LogP contribution in [0.3, 0.4) is 0 Å². The molecule has 1 aromatic rings. The minimum absolute atomic E-state index is 0.0453. The smallest absolute Gasteiger partial charge is 0.173 e. The van der Waals surface area contributed by atoms with Crippen molar-refractivity contribution >= 4 is 21.7 Å². The molecule has 1 saturated carbocycles. The van der Waals surface area contributed by atoms with Gasteiger partial charge in [0.25, 0.3) is 0 Å². The molecule has 0 aromatic heterocycles. The Labute approximate surface area is 109 Å². The molecule has 1 fully saturated rings. The number of methoxy groups -OCH3 is 1. The van der Waals surface area contributed by atoms with Gasteiger partial charge in [0.15, 0.2) is 17.3 Å². The van der Waals surface area contributed by atoms with Crippen LogP contribution in [0.25, 0.3) is 0 Å². The lowest BCUT2D eigenvalue weighted by molar-refractivity contribution is 0.102. The maximum atomic E-state index is 11.6. The van der Waals surface area contributed by atoms with E-state index in [0.29, 0.717) is 34.9 Å². The van der Waals surface area contributed by atoms with Crippen molar-refractivity contribution in [1.29, 1.82) is 0 Å². The molecule has 3 nitrogen and oxygen atoms in total. The van der Waals surface area contributed by atoms with Gasteiger partial charge in [0.1, 0.15) is 0 Å². The molecule has 0 bridgehead atoms. The van der Waals surface area contributed by atoms with Crippen LogP contribution in [-0.4, -0.2) is 24.8 Å². The molecule has 0 saturated heterocycles. The maximum Gasteiger partial charge on any atom is 0.173 e. The average Bonchev–Trinajstić information content (AvgIpc) is 3.19. The molecule has 0 N–H and O–H groups in total. The van der Waals surface area contributed by atoms with Gasteiger partial charge in [-0.25, -0.2) is 0 Å². The highest BCUT2D eigenvalue weighted by Crippen LogP contribution is 2.33. The van der Waals surface area contributed by atoms with Crippen molar-refractivity contribution in [3.63, 3.8) is 0 Å². The normalized spacial score (nSPS) is 14.5. The molecule has 0 unspecified atom stereocenters. The van der Waals surface area contributed by atoms with E-state index in [1.807, 2.05) is 0 Å². The first-order valence-electron chi connectivity index (χ1n) is 5.64. The number of ketones is 1. The Morgan fingerprint density at radius 1 is 1.41 bits per heavy atom. The Bertz CT molecular complexity index is 413. The molecule has 0 amide bonds. The van der Waals surface area contributed by atoms with Gasteiger partial charge in [0.05, 0.1) is 19.0 Å². The molecule has 0 heterocycles. The van der Waals surface area contributed by atoms with E-state index >= 15 is 0 Å². The fourth-order valence-electron chi connectivity index (χ4n) is 1.53. The van der Waals surface area contributed by atoms with Crippen LogP contribution in [0.2, 0.25) is 0 Å². The summed E-state index contributed by atoms with van der Waals surface area (Å²) in [5, 5.41) is 0.321. The fourth-order valence-corrected chi connectivity index (χ4v) is 1.86. The molecule has 2 rings (SSSR count). The quantitative estimate of drug-likeness (QED) is 0.598. The fraction of sp³-hybridized carbons (Fsp3) is 0.462. The van der Waals surface area contributed by atoms with Gasteiger partial charge in [-0.05, 0) is 37.0 Å². The SMILES string of the molecule is COc1ccc(C(=O)CBr)cc1OCC1CC1. The van der Waals surface area contributed by atoms with Gasteiger partial charge in [-0.2, -0.15) is 0 Å². The first-order chi connectivity index (χ1) is 8.24. The zero-order valence-electron chi connectivity index (χ0n) is 9.74. The summed E-state index contributed by atoms with van der Waals surface area (Å²) in [6, 6.07) is 5.29. The van der Waals surface area contributed by atoms with E-state index in [2.05, 4.69) is 15.9 Å². The van der Waals surface area contributed by atoms with Gasteiger partial charge in [-0.1, -0.05) is 15.9 Å². The summed E-state index contributed by atoms with van der Waals surface area (Å²) in [4.78, 5) is 11.6. The molecule has 92 valence electrons. The van der Waals surface area contributed by atoms with Gasteiger partial charge in [0, 0.05) is 5.56 Å². The zero-order chi connectivity index (χ0) is 12.3. The van der Waals surface area contributed by atoms with E-state index in [-0.39, 0.29) is 5.78 Å². The van der Waals surface area contributed by atoms with E-state index < -0.39 is 0 Å². The van der Waals surface area contributed by atoms with Gasteiger partial charge in [-0.15, -0.1) is 0 Å². The summed E-state index contributed by atoms with van der Waals surface area (Å²) < 4.78 is 10.9. The lowest BCUT2D eigenvalue weighted by Crippen LogP contribution is -2.04. The second-order valence-corrected chi connectivity index (χ2v) is 4.74. The number of carbonyl (C=O) groups is 1. The molecule has 0 spiro atoms. The van der Waals surface area contributed by atoms with E-state index in [1.54, 1.807) is 25.3 Å². The van der Waals surface area contributed by atoms with Gasteiger partial charge < -0.3 is 9.47 Å². The first-order valence-corrected chi connectivity index (χ1v) is 6.76. The molecular formula is C13H15BrO3. The van der Waals surface area contributed by atoms with Crippen molar-refractivity contribution in [2.45, 2.75) is 12.8 Å². The predicted octanol–water partition coefficient (Wildman–Crippen LogP) is 3.06. The summed E-state index contributed by atoms with van der Waals surface area (Å²) in [6.07, 6.45) is 2.48. The van der Waals surface area contributed by atoms with Crippen LogP contribution < -0.4 is 9.47 Å². The van der Waals surface area contributed by atoms with Crippen LogP contribution in [0, 0.1) is 5.92 Å². The third-order valence-electron chi connectivity index (χ3n) is 2.78. The molecule has 0 radical (unpaired) electrons. The number of ether oxygens (including phenoxy) is 2. The van der Waals surface area contributed by atoms with E-state index in [0.717, 1.165) is 0 Å². The van der Waals surface area contributed by atoms with Crippen LogP contribution >= 0.6 is 15.9 Å². The molecule has 0 aliphatic heterocycles. The van der Waals surface area contributed by atoms with E-state index in [9.17, 15) is 4.79 Å². The van der Waals surface area contributed by atoms with Crippen LogP contribution in [0.5, 0.6) is 11.5 Å². The topological polar surface area (TPSA) is 35.5 Å². The zero-order valence-corrected chi connectivity index (χ0v) is 11.3. The number of alkyl halides is 1. The van der Waals surface area contributed by atoms with Crippen molar-refractivity contribution in [1.82, 2.24) is 0 Å². The molecular weight excluding hydrogens is 284 g/mol. The van der Waals surface area contributed by atoms with Crippen molar-refractivity contribution in [2.24, 2.45) is 5.92 Å². The van der Waals surface area contributed by atoms with Gasteiger partial charge >= 0.3 is 0 Å². The molecule has 1 aliphatic rings. The highest BCUT2D eigenvalue weighted by Gasteiger charge is 2.22. The van der Waals surface area contributed by atoms with Gasteiger partial charge in [-0.3, -0.25) is 4.79 Å². The number of hydrogen-bond acceptors (Lipinski definition) is 3. The second kappa shape index (κ2) is 5.54.